The fourth-order valence-electron chi connectivity index (χ4n) is 4.64. The highest BCUT2D eigenvalue weighted by atomic mass is 16.5. The normalized spacial score (nSPS) is 21.5. The van der Waals surface area contributed by atoms with Gasteiger partial charge in [0.25, 0.3) is 5.91 Å². The van der Waals surface area contributed by atoms with E-state index in [1.807, 2.05) is 19.1 Å². The lowest BCUT2D eigenvalue weighted by atomic mass is 9.84. The predicted molar refractivity (Wildman–Crippen MR) is 118 cm³/mol. The molecule has 0 saturated carbocycles. The van der Waals surface area contributed by atoms with E-state index in [1.165, 1.54) is 38.8 Å². The number of piperidine rings is 2. The minimum Gasteiger partial charge on any atom is -0.462 e. The zero-order valence-electron chi connectivity index (χ0n) is 17.6. The zero-order chi connectivity index (χ0) is 20.9. The van der Waals surface area contributed by atoms with E-state index in [0.717, 1.165) is 12.0 Å². The molecule has 0 unspecified atom stereocenters. The van der Waals surface area contributed by atoms with Gasteiger partial charge in [0.2, 0.25) is 0 Å². The average Bonchev–Trinajstić information content (AvgIpc) is 2.78. The zero-order valence-corrected chi connectivity index (χ0v) is 17.6. The highest BCUT2D eigenvalue weighted by Crippen LogP contribution is 2.31. The molecular weight excluding hydrogens is 376 g/mol. The number of fused-ring (bicyclic) bond motifs is 1. The Morgan fingerprint density at radius 1 is 0.933 bits per heavy atom. The predicted octanol–water partition coefficient (Wildman–Crippen LogP) is 4.67. The molecule has 2 aliphatic rings. The Labute approximate surface area is 178 Å². The van der Waals surface area contributed by atoms with Crippen LogP contribution in [-0.2, 0) is 4.74 Å². The minimum atomic E-state index is -0.292. The molecular formula is C25H30N2O3. The number of carbonyl (C=O) groups excluding carboxylic acids is 2. The van der Waals surface area contributed by atoms with Gasteiger partial charge >= 0.3 is 5.97 Å². The Balaban J connectivity index is 1.30. The summed E-state index contributed by atoms with van der Waals surface area (Å²) < 4.78 is 5.67. The number of aryl methyl sites for hydroxylation is 1. The van der Waals surface area contributed by atoms with Crippen LogP contribution in [0.1, 0.15) is 58.4 Å². The molecule has 2 heterocycles. The average molecular weight is 407 g/mol. The quantitative estimate of drug-likeness (QED) is 0.733. The summed E-state index contributed by atoms with van der Waals surface area (Å²) in [5.74, 6) is -0.0184. The lowest BCUT2D eigenvalue weighted by Gasteiger charge is -2.44. The van der Waals surface area contributed by atoms with Gasteiger partial charge in [-0.1, -0.05) is 24.1 Å². The van der Waals surface area contributed by atoms with Crippen molar-refractivity contribution < 1.29 is 14.3 Å². The lowest BCUT2D eigenvalue weighted by Crippen LogP contribution is -2.49. The molecule has 1 amide bonds. The van der Waals surface area contributed by atoms with Gasteiger partial charge in [-0.05, 0) is 82.1 Å². The molecule has 5 nitrogen and oxygen atoms in total. The van der Waals surface area contributed by atoms with Gasteiger partial charge in [-0.3, -0.25) is 9.69 Å². The van der Waals surface area contributed by atoms with E-state index in [9.17, 15) is 9.59 Å². The molecule has 2 aromatic rings. The van der Waals surface area contributed by atoms with Crippen molar-refractivity contribution in [2.45, 2.75) is 45.1 Å². The van der Waals surface area contributed by atoms with E-state index in [0.29, 0.717) is 35.4 Å². The maximum Gasteiger partial charge on any atom is 0.338 e. The van der Waals surface area contributed by atoms with Gasteiger partial charge in [-0.2, -0.15) is 0 Å². The molecule has 2 aliphatic heterocycles. The van der Waals surface area contributed by atoms with Crippen LogP contribution in [0.3, 0.4) is 0 Å². The maximum atomic E-state index is 12.5. The second-order valence-electron chi connectivity index (χ2n) is 8.50. The fourth-order valence-corrected chi connectivity index (χ4v) is 4.64. The number of rotatable bonds is 5. The number of nitrogens with zero attached hydrogens (tertiary/aromatic N) is 1. The Bertz CT molecular complexity index is 874. The smallest absolute Gasteiger partial charge is 0.338 e. The Morgan fingerprint density at radius 2 is 1.63 bits per heavy atom. The maximum absolute atomic E-state index is 12.5. The van der Waals surface area contributed by atoms with Crippen molar-refractivity contribution in [3.8, 4) is 0 Å². The van der Waals surface area contributed by atoms with E-state index in [-0.39, 0.29) is 11.9 Å². The number of hydrogen-bond donors (Lipinski definition) is 1. The van der Waals surface area contributed by atoms with Gasteiger partial charge < -0.3 is 10.1 Å². The van der Waals surface area contributed by atoms with Crippen LogP contribution < -0.4 is 5.32 Å². The number of nitrogens with one attached hydrogen (secondary N) is 1. The van der Waals surface area contributed by atoms with Crippen molar-refractivity contribution in [3.05, 3.63) is 65.2 Å². The van der Waals surface area contributed by atoms with Gasteiger partial charge in [0.1, 0.15) is 0 Å². The molecule has 0 bridgehead atoms. The van der Waals surface area contributed by atoms with Crippen LogP contribution in [0.2, 0.25) is 0 Å². The van der Waals surface area contributed by atoms with E-state index >= 15 is 0 Å². The number of anilines is 1. The first-order chi connectivity index (χ1) is 14.6. The molecule has 0 spiro atoms. The van der Waals surface area contributed by atoms with Crippen LogP contribution in [-0.4, -0.2) is 42.5 Å². The number of ether oxygens (including phenoxy) is 1. The molecule has 0 aliphatic carbocycles. The summed E-state index contributed by atoms with van der Waals surface area (Å²) in [4.78, 5) is 27.4. The van der Waals surface area contributed by atoms with Crippen LogP contribution in [0, 0.1) is 12.8 Å². The molecule has 1 N–H and O–H groups in total. The molecule has 158 valence electrons. The highest BCUT2D eigenvalue weighted by Gasteiger charge is 2.33. The van der Waals surface area contributed by atoms with E-state index in [2.05, 4.69) is 10.2 Å². The topological polar surface area (TPSA) is 58.6 Å². The van der Waals surface area contributed by atoms with Crippen LogP contribution in [0.4, 0.5) is 5.69 Å². The van der Waals surface area contributed by atoms with Gasteiger partial charge in [0.05, 0.1) is 12.2 Å². The molecule has 0 radical (unpaired) electrons. The third-order valence-electron chi connectivity index (χ3n) is 6.35. The summed E-state index contributed by atoms with van der Waals surface area (Å²) in [6.45, 7) is 4.85. The van der Waals surface area contributed by atoms with Crippen molar-refractivity contribution in [1.29, 1.82) is 0 Å². The molecule has 2 saturated heterocycles. The van der Waals surface area contributed by atoms with Crippen molar-refractivity contribution in [1.82, 2.24) is 4.90 Å². The third kappa shape index (κ3) is 4.90. The largest absolute Gasteiger partial charge is 0.462 e. The summed E-state index contributed by atoms with van der Waals surface area (Å²) in [5.41, 5.74) is 2.88. The van der Waals surface area contributed by atoms with Crippen LogP contribution in [0.25, 0.3) is 0 Å². The number of esters is 1. The van der Waals surface area contributed by atoms with Crippen molar-refractivity contribution >= 4 is 17.6 Å². The van der Waals surface area contributed by atoms with E-state index < -0.39 is 0 Å². The van der Waals surface area contributed by atoms with Crippen LogP contribution in [0.5, 0.6) is 0 Å². The first-order valence-electron chi connectivity index (χ1n) is 11.0. The van der Waals surface area contributed by atoms with Crippen molar-refractivity contribution in [2.24, 2.45) is 5.92 Å². The molecule has 0 aromatic heterocycles. The number of benzene rings is 2. The second kappa shape index (κ2) is 9.43. The summed E-state index contributed by atoms with van der Waals surface area (Å²) in [5, 5.41) is 2.86. The molecule has 5 heteroatoms. The van der Waals surface area contributed by atoms with E-state index in [1.54, 1.807) is 36.4 Å². The second-order valence-corrected chi connectivity index (χ2v) is 8.50. The van der Waals surface area contributed by atoms with Crippen LogP contribution >= 0.6 is 0 Å². The highest BCUT2D eigenvalue weighted by molar-refractivity contribution is 6.04. The van der Waals surface area contributed by atoms with Gasteiger partial charge in [0, 0.05) is 23.2 Å². The summed E-state index contributed by atoms with van der Waals surface area (Å²) in [6, 6.07) is 14.9. The van der Waals surface area contributed by atoms with Gasteiger partial charge in [-0.25, -0.2) is 4.79 Å². The lowest BCUT2D eigenvalue weighted by molar-refractivity contribution is 0.00739. The SMILES string of the molecule is Cc1ccc(C(=O)Nc2ccc(C(=O)OC[C@H]3CCCN4CCCC[C@H]34)cc2)cc1. The fraction of sp³-hybridized carbons (Fsp3) is 0.440. The monoisotopic (exact) mass is 406 g/mol. The summed E-state index contributed by atoms with van der Waals surface area (Å²) in [7, 11) is 0. The third-order valence-corrected chi connectivity index (χ3v) is 6.35. The van der Waals surface area contributed by atoms with Crippen LogP contribution in [0.15, 0.2) is 48.5 Å². The Hall–Kier alpha value is -2.66. The van der Waals surface area contributed by atoms with Crippen molar-refractivity contribution in [3.63, 3.8) is 0 Å². The van der Waals surface area contributed by atoms with Gasteiger partial charge in [0.15, 0.2) is 0 Å². The van der Waals surface area contributed by atoms with Gasteiger partial charge in [-0.15, -0.1) is 0 Å². The summed E-state index contributed by atoms with van der Waals surface area (Å²) in [6.07, 6.45) is 6.11. The van der Waals surface area contributed by atoms with E-state index in [4.69, 9.17) is 4.74 Å². The summed E-state index contributed by atoms with van der Waals surface area (Å²) >= 11 is 0. The standard InChI is InChI=1S/C25H30N2O3/c1-18-7-9-19(10-8-18)24(28)26-22-13-11-20(12-14-22)25(29)30-17-21-5-4-16-27-15-3-2-6-23(21)27/h7-14,21,23H,2-6,15-17H2,1H3,(H,26,28)/t21-,23-/m1/s1. The van der Waals surface area contributed by atoms with Crippen molar-refractivity contribution in [2.75, 3.05) is 25.0 Å². The number of carbonyl (C=O) groups is 2. The molecule has 2 atom stereocenters. The molecule has 2 fully saturated rings. The Kier molecular flexibility index (Phi) is 6.48. The minimum absolute atomic E-state index is 0.167. The first-order valence-corrected chi connectivity index (χ1v) is 11.0. The Morgan fingerprint density at radius 3 is 2.40 bits per heavy atom. The molecule has 2 aromatic carbocycles. The molecule has 4 rings (SSSR count). The number of hydrogen-bond acceptors (Lipinski definition) is 4. The first kappa shape index (κ1) is 20.6. The molecule has 30 heavy (non-hydrogen) atoms. The number of amides is 1.